The normalized spacial score (nSPS) is 18.4. The Morgan fingerprint density at radius 3 is 2.65 bits per heavy atom. The van der Waals surface area contributed by atoms with E-state index in [1.807, 2.05) is 13.8 Å². The number of carbonyl (C=O) groups is 1. The molecule has 20 heavy (non-hydrogen) atoms. The number of benzene rings is 1. The molecule has 5 nitrogen and oxygen atoms in total. The third-order valence-electron chi connectivity index (χ3n) is 3.46. The highest BCUT2D eigenvalue weighted by Gasteiger charge is 2.41. The highest BCUT2D eigenvalue weighted by molar-refractivity contribution is 7.92. The Labute approximate surface area is 119 Å². The van der Waals surface area contributed by atoms with E-state index in [1.54, 1.807) is 24.3 Å². The first-order valence-corrected chi connectivity index (χ1v) is 8.26. The van der Waals surface area contributed by atoms with Gasteiger partial charge in [-0.3, -0.25) is 4.31 Å². The summed E-state index contributed by atoms with van der Waals surface area (Å²) >= 11 is 0. The Kier molecular flexibility index (Phi) is 4.04. The predicted molar refractivity (Wildman–Crippen MR) is 77.3 cm³/mol. The van der Waals surface area contributed by atoms with Gasteiger partial charge in [-0.05, 0) is 24.0 Å². The van der Waals surface area contributed by atoms with Gasteiger partial charge in [0.2, 0.25) is 10.0 Å². The third kappa shape index (κ3) is 2.80. The van der Waals surface area contributed by atoms with Crippen molar-refractivity contribution in [2.75, 3.05) is 10.1 Å². The van der Waals surface area contributed by atoms with Crippen molar-refractivity contribution in [1.29, 1.82) is 0 Å². The Morgan fingerprint density at radius 1 is 1.40 bits per heavy atom. The lowest BCUT2D eigenvalue weighted by molar-refractivity contribution is -0.138. The Balaban J connectivity index is 2.38. The maximum Gasteiger partial charge on any atom is 0.327 e. The predicted octanol–water partition coefficient (Wildman–Crippen LogP) is 1.88. The fraction of sp³-hybridized carbons (Fsp3) is 0.500. The smallest absolute Gasteiger partial charge is 0.327 e. The molecular formula is C14H19NO4S. The zero-order chi connectivity index (χ0) is 14.9. The molecule has 1 N–H and O–H groups in total. The second-order valence-electron chi connectivity index (χ2n) is 5.48. The largest absolute Gasteiger partial charge is 0.480 e. The molecule has 0 saturated heterocycles. The molecule has 0 fully saturated rings. The molecule has 0 bridgehead atoms. The SMILES string of the molecule is CC(C)CCS(=O)(=O)N1c2ccccc2C[C@H]1C(=O)O. The van der Waals surface area contributed by atoms with Crippen LogP contribution < -0.4 is 4.31 Å². The standard InChI is InChI=1S/C14H19NO4S/c1-10(2)7-8-20(18,19)15-12-6-4-3-5-11(12)9-13(15)14(16)17/h3-6,10,13H,7-9H2,1-2H3,(H,16,17)/t13-/m0/s1. The first-order chi connectivity index (χ1) is 9.33. The van der Waals surface area contributed by atoms with Crippen LogP contribution in [0.25, 0.3) is 0 Å². The van der Waals surface area contributed by atoms with Gasteiger partial charge in [0.25, 0.3) is 0 Å². The van der Waals surface area contributed by atoms with Crippen molar-refractivity contribution in [1.82, 2.24) is 0 Å². The van der Waals surface area contributed by atoms with Gasteiger partial charge in [-0.25, -0.2) is 13.2 Å². The van der Waals surface area contributed by atoms with Crippen molar-refractivity contribution in [3.63, 3.8) is 0 Å². The lowest BCUT2D eigenvalue weighted by atomic mass is 10.1. The number of para-hydroxylation sites is 1. The Hall–Kier alpha value is -1.56. The number of aliphatic carboxylic acids is 1. The van der Waals surface area contributed by atoms with Crippen LogP contribution in [0.15, 0.2) is 24.3 Å². The molecular weight excluding hydrogens is 278 g/mol. The number of carboxylic acid groups (broad SMARTS) is 1. The van der Waals surface area contributed by atoms with E-state index in [2.05, 4.69) is 0 Å². The van der Waals surface area contributed by atoms with E-state index in [0.29, 0.717) is 12.1 Å². The van der Waals surface area contributed by atoms with Crippen molar-refractivity contribution in [3.05, 3.63) is 29.8 Å². The first kappa shape index (κ1) is 14.8. The molecule has 1 heterocycles. The van der Waals surface area contributed by atoms with Crippen LogP contribution >= 0.6 is 0 Å². The Bertz CT molecular complexity index is 609. The molecule has 0 aromatic heterocycles. The van der Waals surface area contributed by atoms with Crippen molar-refractivity contribution < 1.29 is 18.3 Å². The monoisotopic (exact) mass is 297 g/mol. The minimum absolute atomic E-state index is 0.0250. The molecule has 0 saturated carbocycles. The van der Waals surface area contributed by atoms with Crippen LogP contribution in [-0.2, 0) is 21.2 Å². The number of hydrogen-bond acceptors (Lipinski definition) is 3. The van der Waals surface area contributed by atoms with Crippen LogP contribution in [0.3, 0.4) is 0 Å². The van der Waals surface area contributed by atoms with E-state index in [9.17, 15) is 18.3 Å². The quantitative estimate of drug-likeness (QED) is 0.900. The van der Waals surface area contributed by atoms with Crippen LogP contribution in [0, 0.1) is 5.92 Å². The summed E-state index contributed by atoms with van der Waals surface area (Å²) in [5, 5.41) is 9.29. The van der Waals surface area contributed by atoms with E-state index in [0.717, 1.165) is 9.87 Å². The number of rotatable bonds is 5. The maximum absolute atomic E-state index is 12.5. The van der Waals surface area contributed by atoms with Crippen LogP contribution in [-0.4, -0.2) is 31.3 Å². The van der Waals surface area contributed by atoms with Gasteiger partial charge in [0.1, 0.15) is 6.04 Å². The lowest BCUT2D eigenvalue weighted by Gasteiger charge is -2.24. The average molecular weight is 297 g/mol. The zero-order valence-corrected chi connectivity index (χ0v) is 12.4. The molecule has 0 spiro atoms. The topological polar surface area (TPSA) is 74.7 Å². The van der Waals surface area contributed by atoms with Crippen molar-refractivity contribution in [3.8, 4) is 0 Å². The van der Waals surface area contributed by atoms with Crippen LogP contribution in [0.5, 0.6) is 0 Å². The number of nitrogens with zero attached hydrogens (tertiary/aromatic N) is 1. The number of carboxylic acids is 1. The van der Waals surface area contributed by atoms with Crippen molar-refractivity contribution >= 4 is 21.7 Å². The van der Waals surface area contributed by atoms with Crippen molar-refractivity contribution in [2.24, 2.45) is 5.92 Å². The number of fused-ring (bicyclic) bond motifs is 1. The second kappa shape index (κ2) is 5.44. The van der Waals surface area contributed by atoms with Crippen LogP contribution in [0.4, 0.5) is 5.69 Å². The number of hydrogen-bond donors (Lipinski definition) is 1. The third-order valence-corrected chi connectivity index (χ3v) is 5.27. The van der Waals surface area contributed by atoms with Gasteiger partial charge in [0.05, 0.1) is 11.4 Å². The molecule has 1 aliphatic rings. The molecule has 0 aliphatic carbocycles. The average Bonchev–Trinajstić information content (AvgIpc) is 2.76. The van der Waals surface area contributed by atoms with Crippen LogP contribution in [0.1, 0.15) is 25.8 Å². The summed E-state index contributed by atoms with van der Waals surface area (Å²) in [6.45, 7) is 3.89. The molecule has 6 heteroatoms. The van der Waals surface area contributed by atoms with E-state index >= 15 is 0 Å². The molecule has 2 rings (SSSR count). The summed E-state index contributed by atoms with van der Waals surface area (Å²) < 4.78 is 26.0. The molecule has 0 radical (unpaired) electrons. The minimum Gasteiger partial charge on any atom is -0.480 e. The molecule has 0 unspecified atom stereocenters. The van der Waals surface area contributed by atoms with Gasteiger partial charge in [0.15, 0.2) is 0 Å². The summed E-state index contributed by atoms with van der Waals surface area (Å²) in [7, 11) is -3.61. The molecule has 1 aromatic rings. The highest BCUT2D eigenvalue weighted by Crippen LogP contribution is 2.35. The van der Waals surface area contributed by atoms with E-state index in [1.165, 1.54) is 0 Å². The van der Waals surface area contributed by atoms with Gasteiger partial charge >= 0.3 is 5.97 Å². The van der Waals surface area contributed by atoms with E-state index in [-0.39, 0.29) is 18.1 Å². The molecule has 1 atom stereocenters. The maximum atomic E-state index is 12.5. The van der Waals surface area contributed by atoms with Gasteiger partial charge < -0.3 is 5.11 Å². The summed E-state index contributed by atoms with van der Waals surface area (Å²) in [5.74, 6) is -0.872. The summed E-state index contributed by atoms with van der Waals surface area (Å²) in [5.41, 5.74) is 1.27. The fourth-order valence-electron chi connectivity index (χ4n) is 2.37. The van der Waals surface area contributed by atoms with Crippen molar-refractivity contribution in [2.45, 2.75) is 32.7 Å². The zero-order valence-electron chi connectivity index (χ0n) is 11.6. The molecule has 1 aromatic carbocycles. The fourth-order valence-corrected chi connectivity index (χ4v) is 4.37. The summed E-state index contributed by atoms with van der Waals surface area (Å²) in [6, 6.07) is 5.95. The highest BCUT2D eigenvalue weighted by atomic mass is 32.2. The summed E-state index contributed by atoms with van der Waals surface area (Å²) in [4.78, 5) is 11.4. The number of anilines is 1. The van der Waals surface area contributed by atoms with Gasteiger partial charge in [-0.1, -0.05) is 32.0 Å². The van der Waals surface area contributed by atoms with Gasteiger partial charge in [-0.2, -0.15) is 0 Å². The second-order valence-corrected chi connectivity index (χ2v) is 7.45. The lowest BCUT2D eigenvalue weighted by Crippen LogP contribution is -2.44. The molecule has 1 aliphatic heterocycles. The molecule has 0 amide bonds. The minimum atomic E-state index is -3.61. The number of sulfonamides is 1. The van der Waals surface area contributed by atoms with Gasteiger partial charge in [0, 0.05) is 6.42 Å². The van der Waals surface area contributed by atoms with Crippen LogP contribution in [0.2, 0.25) is 0 Å². The first-order valence-electron chi connectivity index (χ1n) is 6.65. The van der Waals surface area contributed by atoms with Gasteiger partial charge in [-0.15, -0.1) is 0 Å². The van der Waals surface area contributed by atoms with E-state index < -0.39 is 22.0 Å². The van der Waals surface area contributed by atoms with E-state index in [4.69, 9.17) is 0 Å². The Morgan fingerprint density at radius 2 is 2.05 bits per heavy atom. The molecule has 110 valence electrons. The summed E-state index contributed by atoms with van der Waals surface area (Å²) in [6.07, 6.45) is 0.750.